The average molecular weight is 488 g/mol. The number of aryl methyl sites for hydroxylation is 1. The van der Waals surface area contributed by atoms with Crippen LogP contribution >= 0.6 is 24.0 Å². The van der Waals surface area contributed by atoms with E-state index in [0.29, 0.717) is 23.5 Å². The zero-order valence-corrected chi connectivity index (χ0v) is 18.8. The van der Waals surface area contributed by atoms with Crippen LogP contribution < -0.4 is 10.6 Å². The highest BCUT2D eigenvalue weighted by atomic mass is 127. The van der Waals surface area contributed by atoms with Crippen LogP contribution in [-0.2, 0) is 17.7 Å². The molecule has 1 spiro atoms. The highest BCUT2D eigenvalue weighted by Gasteiger charge is 2.65. The van der Waals surface area contributed by atoms with E-state index in [1.165, 1.54) is 32.1 Å². The second-order valence-electron chi connectivity index (χ2n) is 7.86. The van der Waals surface area contributed by atoms with E-state index in [0.717, 1.165) is 44.4 Å². The van der Waals surface area contributed by atoms with E-state index in [2.05, 4.69) is 39.2 Å². The number of guanidine groups is 1. The second-order valence-corrected chi connectivity index (χ2v) is 7.86. The zero-order valence-electron chi connectivity index (χ0n) is 16.5. The monoisotopic (exact) mass is 488 g/mol. The summed E-state index contributed by atoms with van der Waals surface area (Å²) in [4.78, 5) is 4.83. The summed E-state index contributed by atoms with van der Waals surface area (Å²) in [7, 11) is 0. The molecule has 3 aliphatic rings. The van der Waals surface area contributed by atoms with Crippen molar-refractivity contribution in [3.8, 4) is 0 Å². The molecule has 7 nitrogen and oxygen atoms in total. The van der Waals surface area contributed by atoms with E-state index >= 15 is 0 Å². The van der Waals surface area contributed by atoms with Gasteiger partial charge in [-0.2, -0.15) is 0 Å². The molecule has 2 saturated carbocycles. The molecule has 27 heavy (non-hydrogen) atoms. The molecule has 3 atom stereocenters. The van der Waals surface area contributed by atoms with Gasteiger partial charge in [0.05, 0.1) is 12.6 Å². The lowest BCUT2D eigenvalue weighted by atomic mass is 9.54. The standard InChI is InChI=1S/C19H32N6O.HI/c1-3-15-24-22-13-25(15)11-10-21-18(20-4-2)23-16-14-7-12-26-17(14)19(16)8-5-6-9-19;/h13-14,16-17H,3-12H2,1-2H3,(H2,20,21,23);1H. The molecule has 3 fully saturated rings. The molecule has 152 valence electrons. The van der Waals surface area contributed by atoms with Crippen molar-refractivity contribution in [2.75, 3.05) is 19.7 Å². The van der Waals surface area contributed by atoms with Crippen molar-refractivity contribution in [3.63, 3.8) is 0 Å². The van der Waals surface area contributed by atoms with Gasteiger partial charge in [-0.15, -0.1) is 34.2 Å². The van der Waals surface area contributed by atoms with E-state index in [4.69, 9.17) is 9.73 Å². The minimum absolute atomic E-state index is 0. The minimum Gasteiger partial charge on any atom is -0.377 e. The van der Waals surface area contributed by atoms with Gasteiger partial charge in [0.15, 0.2) is 5.96 Å². The fourth-order valence-electron chi connectivity index (χ4n) is 5.38. The Kier molecular flexibility index (Phi) is 6.99. The number of aromatic nitrogens is 3. The number of hydrogen-bond acceptors (Lipinski definition) is 4. The molecule has 1 aromatic heterocycles. The predicted molar refractivity (Wildman–Crippen MR) is 116 cm³/mol. The van der Waals surface area contributed by atoms with Gasteiger partial charge >= 0.3 is 0 Å². The van der Waals surface area contributed by atoms with Gasteiger partial charge in [0.25, 0.3) is 0 Å². The van der Waals surface area contributed by atoms with Crippen molar-refractivity contribution in [1.82, 2.24) is 25.4 Å². The third-order valence-electron chi connectivity index (χ3n) is 6.55. The van der Waals surface area contributed by atoms with E-state index in [1.54, 1.807) is 6.33 Å². The van der Waals surface area contributed by atoms with Crippen LogP contribution in [0.1, 0.15) is 51.8 Å². The lowest BCUT2D eigenvalue weighted by Crippen LogP contribution is -2.69. The molecular formula is C19H33IN6O. The Morgan fingerprint density at radius 1 is 1.37 bits per heavy atom. The van der Waals surface area contributed by atoms with E-state index in [9.17, 15) is 0 Å². The summed E-state index contributed by atoms with van der Waals surface area (Å²) in [5.74, 6) is 2.62. The first-order valence-electron chi connectivity index (χ1n) is 10.3. The van der Waals surface area contributed by atoms with Crippen molar-refractivity contribution < 1.29 is 4.74 Å². The fraction of sp³-hybridized carbons (Fsp3) is 0.842. The average Bonchev–Trinajstić information content (AvgIpc) is 3.38. The Labute approximate surface area is 179 Å². The summed E-state index contributed by atoms with van der Waals surface area (Å²) in [5.41, 5.74) is 0.348. The molecule has 0 amide bonds. The first-order valence-corrected chi connectivity index (χ1v) is 10.3. The Morgan fingerprint density at radius 3 is 2.93 bits per heavy atom. The molecule has 2 aliphatic carbocycles. The fourth-order valence-corrected chi connectivity index (χ4v) is 5.38. The normalized spacial score (nSPS) is 28.5. The number of hydrogen-bond donors (Lipinski definition) is 2. The molecular weight excluding hydrogens is 455 g/mol. The SMILES string of the molecule is CCNC(=NCCn1cnnc1CC)NC1C2CCOC2C12CCCC2.I. The number of nitrogens with zero attached hydrogens (tertiary/aromatic N) is 4. The van der Waals surface area contributed by atoms with Gasteiger partial charge < -0.3 is 19.9 Å². The summed E-state index contributed by atoms with van der Waals surface area (Å²) in [5, 5.41) is 15.4. The Hall–Kier alpha value is -0.900. The maximum atomic E-state index is 6.10. The van der Waals surface area contributed by atoms with Crippen molar-refractivity contribution in [3.05, 3.63) is 12.2 Å². The van der Waals surface area contributed by atoms with Crippen LogP contribution in [0.4, 0.5) is 0 Å². The predicted octanol–water partition coefficient (Wildman–Crippen LogP) is 2.36. The number of halogens is 1. The molecule has 1 aromatic rings. The topological polar surface area (TPSA) is 76.4 Å². The third kappa shape index (κ3) is 3.83. The maximum absolute atomic E-state index is 6.10. The van der Waals surface area contributed by atoms with Crippen molar-refractivity contribution in [2.24, 2.45) is 16.3 Å². The van der Waals surface area contributed by atoms with E-state index < -0.39 is 0 Å². The highest BCUT2D eigenvalue weighted by Crippen LogP contribution is 2.60. The smallest absolute Gasteiger partial charge is 0.191 e. The maximum Gasteiger partial charge on any atom is 0.191 e. The Balaban J connectivity index is 0.00000210. The first kappa shape index (κ1) is 20.8. The van der Waals surface area contributed by atoms with Gasteiger partial charge in [-0.05, 0) is 26.2 Å². The second kappa shape index (κ2) is 9.07. The van der Waals surface area contributed by atoms with Crippen LogP contribution in [0.3, 0.4) is 0 Å². The molecule has 0 radical (unpaired) electrons. The lowest BCUT2D eigenvalue weighted by Gasteiger charge is -2.57. The van der Waals surface area contributed by atoms with E-state index in [1.807, 2.05) is 0 Å². The molecule has 0 aromatic carbocycles. The number of ether oxygens (including phenoxy) is 1. The first-order chi connectivity index (χ1) is 12.8. The van der Waals surface area contributed by atoms with Gasteiger partial charge in [-0.3, -0.25) is 4.99 Å². The summed E-state index contributed by atoms with van der Waals surface area (Å²) >= 11 is 0. The van der Waals surface area contributed by atoms with E-state index in [-0.39, 0.29) is 24.0 Å². The summed E-state index contributed by atoms with van der Waals surface area (Å²) in [6.07, 6.45) is 9.64. The molecule has 2 N–H and O–H groups in total. The van der Waals surface area contributed by atoms with Gasteiger partial charge in [-0.1, -0.05) is 19.8 Å². The molecule has 0 bridgehead atoms. The van der Waals surface area contributed by atoms with Crippen LogP contribution in [0.25, 0.3) is 0 Å². The van der Waals surface area contributed by atoms with Crippen molar-refractivity contribution in [2.45, 2.75) is 71.1 Å². The third-order valence-corrected chi connectivity index (χ3v) is 6.55. The number of aliphatic imine (C=N–C) groups is 1. The van der Waals surface area contributed by atoms with Gasteiger partial charge in [0.1, 0.15) is 12.2 Å². The van der Waals surface area contributed by atoms with Crippen LogP contribution in [0.5, 0.6) is 0 Å². The molecule has 1 aliphatic heterocycles. The van der Waals surface area contributed by atoms with Crippen LogP contribution in [0, 0.1) is 11.3 Å². The quantitative estimate of drug-likeness (QED) is 0.366. The highest BCUT2D eigenvalue weighted by molar-refractivity contribution is 14.0. The molecule has 3 unspecified atom stereocenters. The van der Waals surface area contributed by atoms with Crippen molar-refractivity contribution in [1.29, 1.82) is 0 Å². The number of nitrogens with one attached hydrogen (secondary N) is 2. The van der Waals surface area contributed by atoms with Gasteiger partial charge in [0.2, 0.25) is 0 Å². The van der Waals surface area contributed by atoms with Crippen molar-refractivity contribution >= 4 is 29.9 Å². The van der Waals surface area contributed by atoms with Crippen LogP contribution in [0.2, 0.25) is 0 Å². The van der Waals surface area contributed by atoms with Gasteiger partial charge in [-0.25, -0.2) is 0 Å². The lowest BCUT2D eigenvalue weighted by molar-refractivity contribution is -0.125. The summed E-state index contributed by atoms with van der Waals surface area (Å²) < 4.78 is 8.19. The largest absolute Gasteiger partial charge is 0.377 e. The molecule has 8 heteroatoms. The molecule has 4 rings (SSSR count). The Morgan fingerprint density at radius 2 is 2.19 bits per heavy atom. The Bertz CT molecular complexity index is 642. The summed E-state index contributed by atoms with van der Waals surface area (Å²) in [6, 6.07) is 0.511. The van der Waals surface area contributed by atoms with Crippen LogP contribution in [-0.4, -0.2) is 52.6 Å². The summed E-state index contributed by atoms with van der Waals surface area (Å²) in [6.45, 7) is 7.58. The van der Waals surface area contributed by atoms with Gasteiger partial charge in [0, 0.05) is 43.5 Å². The number of fused-ring (bicyclic) bond motifs is 2. The zero-order chi connectivity index (χ0) is 18.0. The minimum atomic E-state index is 0. The van der Waals surface area contributed by atoms with Crippen LogP contribution in [0.15, 0.2) is 11.3 Å². The molecule has 1 saturated heterocycles. The number of rotatable bonds is 6. The molecule has 2 heterocycles.